The van der Waals surface area contributed by atoms with E-state index in [0.717, 1.165) is 22.7 Å². The topological polar surface area (TPSA) is 49.4 Å². The Morgan fingerprint density at radius 2 is 1.88 bits per heavy atom. The Hall–Kier alpha value is -2.19. The highest BCUT2D eigenvalue weighted by atomic mass is 35.5. The van der Waals surface area contributed by atoms with Crippen molar-refractivity contribution in [2.45, 2.75) is 11.0 Å². The minimum absolute atomic E-state index is 0.119. The number of anilines is 2. The molecule has 2 heterocycles. The fraction of sp³-hybridized carbons (Fsp3) is 0.176. The van der Waals surface area contributed by atoms with Crippen LogP contribution in [0, 0.1) is 0 Å². The number of nitrogens with one attached hydrogen (secondary N) is 1. The molecule has 26 heavy (non-hydrogen) atoms. The molecule has 0 aliphatic carbocycles. The zero-order valence-electron chi connectivity index (χ0n) is 12.9. The summed E-state index contributed by atoms with van der Waals surface area (Å²) >= 11 is 7.02. The average Bonchev–Trinajstić information content (AvgIpc) is 3.06. The van der Waals surface area contributed by atoms with Gasteiger partial charge in [-0.25, -0.2) is 0 Å². The number of rotatable bonds is 1. The third-order valence-corrected chi connectivity index (χ3v) is 5.95. The van der Waals surface area contributed by atoms with Crippen LogP contribution in [0.2, 0.25) is 5.02 Å². The maximum absolute atomic E-state index is 13.5. The first-order valence-electron chi connectivity index (χ1n) is 7.50. The van der Waals surface area contributed by atoms with E-state index in [9.17, 15) is 22.8 Å². The van der Waals surface area contributed by atoms with Crippen LogP contribution in [-0.2, 0) is 20.6 Å². The Bertz CT molecular complexity index is 950. The number of carbonyl (C=O) groups is 2. The maximum atomic E-state index is 13.5. The second-order valence-electron chi connectivity index (χ2n) is 5.82. The second-order valence-corrected chi connectivity index (χ2v) is 7.43. The minimum Gasteiger partial charge on any atom is -0.323 e. The number of amides is 2. The Morgan fingerprint density at radius 1 is 1.15 bits per heavy atom. The summed E-state index contributed by atoms with van der Waals surface area (Å²) in [4.78, 5) is 24.7. The van der Waals surface area contributed by atoms with Crippen molar-refractivity contribution in [2.75, 3.05) is 16.0 Å². The Balaban J connectivity index is 1.97. The molecular formula is C17H10ClF3N2O2S. The summed E-state index contributed by atoms with van der Waals surface area (Å²) in [5, 5.41) is 2.97. The van der Waals surface area contributed by atoms with E-state index in [1.54, 1.807) is 12.1 Å². The van der Waals surface area contributed by atoms with Gasteiger partial charge in [0.2, 0.25) is 10.8 Å². The van der Waals surface area contributed by atoms with Crippen molar-refractivity contribution in [3.63, 3.8) is 0 Å². The van der Waals surface area contributed by atoms with E-state index in [4.69, 9.17) is 11.6 Å². The molecule has 0 bridgehead atoms. The Labute approximate surface area is 155 Å². The molecule has 0 saturated carbocycles. The first-order chi connectivity index (χ1) is 12.2. The zero-order valence-corrected chi connectivity index (χ0v) is 14.5. The molecule has 1 N–H and O–H groups in total. The lowest BCUT2D eigenvalue weighted by Gasteiger charge is -2.33. The molecule has 9 heteroatoms. The summed E-state index contributed by atoms with van der Waals surface area (Å²) in [5.41, 5.74) is -0.518. The van der Waals surface area contributed by atoms with Crippen LogP contribution in [0.25, 0.3) is 0 Å². The van der Waals surface area contributed by atoms with Gasteiger partial charge in [0.25, 0.3) is 5.91 Å². The lowest BCUT2D eigenvalue weighted by Crippen LogP contribution is -2.47. The first-order valence-corrected chi connectivity index (χ1v) is 8.86. The molecule has 1 fully saturated rings. The van der Waals surface area contributed by atoms with Gasteiger partial charge in [-0.3, -0.25) is 14.5 Å². The number of fused-ring (bicyclic) bond motifs is 2. The van der Waals surface area contributed by atoms with E-state index in [1.165, 1.54) is 24.3 Å². The van der Waals surface area contributed by atoms with Crippen molar-refractivity contribution in [3.05, 3.63) is 58.6 Å². The molecule has 2 aromatic carbocycles. The van der Waals surface area contributed by atoms with Crippen molar-refractivity contribution in [1.82, 2.24) is 0 Å². The number of hydrogen-bond donors (Lipinski definition) is 1. The lowest BCUT2D eigenvalue weighted by molar-refractivity contribution is -0.137. The highest BCUT2D eigenvalue weighted by molar-refractivity contribution is 8.02. The van der Waals surface area contributed by atoms with Gasteiger partial charge in [-0.15, -0.1) is 11.8 Å². The number of benzene rings is 2. The fourth-order valence-electron chi connectivity index (χ4n) is 3.28. The molecule has 1 spiro atoms. The quantitative estimate of drug-likeness (QED) is 0.781. The van der Waals surface area contributed by atoms with Crippen molar-refractivity contribution < 1.29 is 22.8 Å². The van der Waals surface area contributed by atoms with E-state index in [0.29, 0.717) is 16.3 Å². The van der Waals surface area contributed by atoms with E-state index in [2.05, 4.69) is 5.32 Å². The molecule has 2 aromatic rings. The second kappa shape index (κ2) is 5.65. The van der Waals surface area contributed by atoms with Crippen LogP contribution in [0.3, 0.4) is 0 Å². The molecule has 1 unspecified atom stereocenters. The molecule has 134 valence electrons. The predicted octanol–water partition coefficient (Wildman–Crippen LogP) is 4.24. The maximum Gasteiger partial charge on any atom is 0.418 e. The van der Waals surface area contributed by atoms with Crippen LogP contribution in [0.15, 0.2) is 42.5 Å². The highest BCUT2D eigenvalue weighted by Crippen LogP contribution is 2.55. The van der Waals surface area contributed by atoms with Crippen LogP contribution < -0.4 is 10.2 Å². The number of para-hydroxylation sites is 1. The number of alkyl halides is 3. The van der Waals surface area contributed by atoms with Crippen molar-refractivity contribution in [2.24, 2.45) is 0 Å². The lowest BCUT2D eigenvalue weighted by atomic mass is 10.0. The van der Waals surface area contributed by atoms with E-state index >= 15 is 0 Å². The largest absolute Gasteiger partial charge is 0.418 e. The molecule has 0 radical (unpaired) electrons. The summed E-state index contributed by atoms with van der Waals surface area (Å²) in [5.74, 6) is -1.26. The van der Waals surface area contributed by atoms with Gasteiger partial charge in [0.05, 0.1) is 17.0 Å². The van der Waals surface area contributed by atoms with Crippen LogP contribution in [0.5, 0.6) is 0 Å². The summed E-state index contributed by atoms with van der Waals surface area (Å²) in [6, 6.07) is 9.38. The van der Waals surface area contributed by atoms with Crippen molar-refractivity contribution in [3.8, 4) is 0 Å². The molecule has 1 saturated heterocycles. The van der Waals surface area contributed by atoms with Crippen LogP contribution in [0.4, 0.5) is 24.5 Å². The van der Waals surface area contributed by atoms with E-state index in [-0.39, 0.29) is 11.4 Å². The van der Waals surface area contributed by atoms with Gasteiger partial charge in [-0.1, -0.05) is 23.7 Å². The Morgan fingerprint density at radius 3 is 2.62 bits per heavy atom. The molecule has 4 nitrogen and oxygen atoms in total. The minimum atomic E-state index is -4.67. The van der Waals surface area contributed by atoms with Gasteiger partial charge in [0.1, 0.15) is 0 Å². The SMILES string of the molecule is O=C1CSC2(C(=O)Nc3ccc(Cl)cc32)N1c1ccccc1C(F)(F)F. The number of nitrogens with zero attached hydrogens (tertiary/aromatic N) is 1. The predicted molar refractivity (Wildman–Crippen MR) is 93.1 cm³/mol. The summed E-state index contributed by atoms with van der Waals surface area (Å²) in [7, 11) is 0. The molecule has 0 aromatic heterocycles. The number of carbonyl (C=O) groups excluding carboxylic acids is 2. The zero-order chi connectivity index (χ0) is 18.7. The van der Waals surface area contributed by atoms with Gasteiger partial charge in [-0.05, 0) is 30.3 Å². The molecule has 2 aliphatic heterocycles. The van der Waals surface area contributed by atoms with Crippen LogP contribution >= 0.6 is 23.4 Å². The normalized spacial score (nSPS) is 22.1. The third-order valence-electron chi connectivity index (χ3n) is 4.32. The third kappa shape index (κ3) is 2.32. The summed E-state index contributed by atoms with van der Waals surface area (Å²) in [6.45, 7) is 0. The van der Waals surface area contributed by atoms with E-state index in [1.807, 2.05) is 0 Å². The van der Waals surface area contributed by atoms with Crippen molar-refractivity contribution >= 4 is 46.6 Å². The van der Waals surface area contributed by atoms with Crippen molar-refractivity contribution in [1.29, 1.82) is 0 Å². The Kier molecular flexibility index (Phi) is 3.75. The standard InChI is InChI=1S/C17H10ClF3N2O2S/c18-9-5-6-12-11(7-9)16(15(25)22-12)23(14(24)8-26-16)13-4-2-1-3-10(13)17(19,20)21/h1-7H,8H2,(H,22,25). The fourth-order valence-corrected chi connectivity index (χ4v) is 4.75. The molecule has 4 rings (SSSR count). The van der Waals surface area contributed by atoms with Gasteiger partial charge < -0.3 is 5.32 Å². The van der Waals surface area contributed by atoms with E-state index < -0.39 is 28.4 Å². The molecule has 2 aliphatic rings. The van der Waals surface area contributed by atoms with Crippen LogP contribution in [-0.4, -0.2) is 17.6 Å². The summed E-state index contributed by atoms with van der Waals surface area (Å²) < 4.78 is 40.5. The number of halogens is 4. The van der Waals surface area contributed by atoms with Gasteiger partial charge in [0, 0.05) is 16.3 Å². The number of thioether (sulfide) groups is 1. The molecule has 1 atom stereocenters. The smallest absolute Gasteiger partial charge is 0.323 e. The van der Waals surface area contributed by atoms with Gasteiger partial charge in [0.15, 0.2) is 0 Å². The van der Waals surface area contributed by atoms with Crippen LogP contribution in [0.1, 0.15) is 11.1 Å². The van der Waals surface area contributed by atoms with Gasteiger partial charge >= 0.3 is 6.18 Å². The number of hydrogen-bond acceptors (Lipinski definition) is 3. The monoisotopic (exact) mass is 398 g/mol. The first kappa shape index (κ1) is 17.2. The van der Waals surface area contributed by atoms with Gasteiger partial charge in [-0.2, -0.15) is 13.2 Å². The molecule has 2 amide bonds. The average molecular weight is 399 g/mol. The highest BCUT2D eigenvalue weighted by Gasteiger charge is 2.59. The molecular weight excluding hydrogens is 389 g/mol. The summed E-state index contributed by atoms with van der Waals surface area (Å²) in [6.07, 6.45) is -4.67.